The van der Waals surface area contributed by atoms with Crippen LogP contribution >= 0.6 is 11.8 Å². The van der Waals surface area contributed by atoms with Crippen LogP contribution in [0.4, 0.5) is 0 Å². The van der Waals surface area contributed by atoms with Crippen LogP contribution in [0.25, 0.3) is 5.70 Å². The van der Waals surface area contributed by atoms with E-state index >= 15 is 0 Å². The number of thioether (sulfide) groups is 1. The van der Waals surface area contributed by atoms with Crippen LogP contribution in [0.1, 0.15) is 43.0 Å². The molecule has 1 atom stereocenters. The number of fused-ring (bicyclic) bond motifs is 1. The highest BCUT2D eigenvalue weighted by Gasteiger charge is 2.42. The Kier molecular flexibility index (Phi) is 6.99. The van der Waals surface area contributed by atoms with E-state index in [-0.39, 0.29) is 18.9 Å². The zero-order chi connectivity index (χ0) is 23.4. The van der Waals surface area contributed by atoms with Crippen LogP contribution in [0, 0.1) is 6.92 Å². The lowest BCUT2D eigenvalue weighted by Gasteiger charge is -2.36. The van der Waals surface area contributed by atoms with Gasteiger partial charge in [-0.1, -0.05) is 71.9 Å². The summed E-state index contributed by atoms with van der Waals surface area (Å²) in [7, 11) is 0. The Morgan fingerprint density at radius 3 is 2.48 bits per heavy atom. The van der Waals surface area contributed by atoms with Crippen molar-refractivity contribution in [1.82, 2.24) is 10.2 Å². The summed E-state index contributed by atoms with van der Waals surface area (Å²) in [4.78, 5) is 32.7. The minimum atomic E-state index is -0.456. The smallest absolute Gasteiger partial charge is 0.338 e. The summed E-state index contributed by atoms with van der Waals surface area (Å²) >= 11 is 1.47. The SMILES string of the molecule is CCNC(=O)CC1=CSC2=NC(c3ccccc3)=C(C(=O)OCC)[C@H](c3ccc(C)cc3)N12. The fourth-order valence-electron chi connectivity index (χ4n) is 3.98. The molecule has 2 aromatic rings. The number of nitrogens with one attached hydrogen (secondary N) is 1. The molecule has 1 N–H and O–H groups in total. The predicted molar refractivity (Wildman–Crippen MR) is 132 cm³/mol. The Balaban J connectivity index is 1.89. The highest BCUT2D eigenvalue weighted by molar-refractivity contribution is 8.16. The highest BCUT2D eigenvalue weighted by Crippen LogP contribution is 2.47. The van der Waals surface area contributed by atoms with Gasteiger partial charge in [-0.05, 0) is 31.7 Å². The first-order valence-electron chi connectivity index (χ1n) is 11.1. The van der Waals surface area contributed by atoms with Crippen molar-refractivity contribution in [2.75, 3.05) is 13.2 Å². The summed E-state index contributed by atoms with van der Waals surface area (Å²) < 4.78 is 5.51. The number of rotatable bonds is 7. The number of hydrogen-bond acceptors (Lipinski definition) is 6. The number of aryl methyl sites for hydroxylation is 1. The van der Waals surface area contributed by atoms with Gasteiger partial charge in [0.1, 0.15) is 0 Å². The minimum Gasteiger partial charge on any atom is -0.463 e. The van der Waals surface area contributed by atoms with Crippen LogP contribution < -0.4 is 5.32 Å². The number of amides is 1. The Bertz CT molecular complexity index is 1140. The monoisotopic (exact) mass is 461 g/mol. The summed E-state index contributed by atoms with van der Waals surface area (Å²) in [5.74, 6) is -0.470. The molecule has 0 radical (unpaired) electrons. The molecule has 170 valence electrons. The maximum Gasteiger partial charge on any atom is 0.338 e. The first-order valence-corrected chi connectivity index (χ1v) is 11.9. The number of ether oxygens (including phenoxy) is 1. The van der Waals surface area contributed by atoms with Crippen molar-refractivity contribution in [1.29, 1.82) is 0 Å². The van der Waals surface area contributed by atoms with Crippen LogP contribution in [0.2, 0.25) is 0 Å². The van der Waals surface area contributed by atoms with Crippen molar-refractivity contribution in [3.05, 3.63) is 88.0 Å². The molecule has 0 bridgehead atoms. The summed E-state index contributed by atoms with van der Waals surface area (Å²) in [6, 6.07) is 17.3. The van der Waals surface area contributed by atoms with Gasteiger partial charge in [0.05, 0.1) is 30.3 Å². The maximum absolute atomic E-state index is 13.4. The number of nitrogens with zero attached hydrogens (tertiary/aromatic N) is 2. The third kappa shape index (κ3) is 4.73. The van der Waals surface area contributed by atoms with Gasteiger partial charge in [0.15, 0.2) is 5.17 Å². The molecule has 2 heterocycles. The molecule has 2 aromatic carbocycles. The molecular formula is C26H27N3O3S. The van der Waals surface area contributed by atoms with Crippen molar-refractivity contribution in [2.24, 2.45) is 4.99 Å². The molecule has 0 saturated carbocycles. The molecule has 0 saturated heterocycles. The van der Waals surface area contributed by atoms with Crippen molar-refractivity contribution < 1.29 is 14.3 Å². The molecule has 0 aromatic heterocycles. The van der Waals surface area contributed by atoms with Gasteiger partial charge in [0.25, 0.3) is 0 Å². The second-order valence-electron chi connectivity index (χ2n) is 7.78. The summed E-state index contributed by atoms with van der Waals surface area (Å²) in [5, 5.41) is 5.55. The van der Waals surface area contributed by atoms with E-state index in [4.69, 9.17) is 9.73 Å². The first-order chi connectivity index (χ1) is 16.0. The third-order valence-electron chi connectivity index (χ3n) is 5.46. The number of benzene rings is 2. The van der Waals surface area contributed by atoms with Crippen LogP contribution in [0.3, 0.4) is 0 Å². The van der Waals surface area contributed by atoms with Gasteiger partial charge in [-0.3, -0.25) is 4.79 Å². The lowest BCUT2D eigenvalue weighted by molar-refractivity contribution is -0.139. The summed E-state index contributed by atoms with van der Waals surface area (Å²) in [6.45, 7) is 6.55. The third-order valence-corrected chi connectivity index (χ3v) is 6.35. The topological polar surface area (TPSA) is 71.0 Å². The van der Waals surface area contributed by atoms with Gasteiger partial charge in [-0.2, -0.15) is 0 Å². The van der Waals surface area contributed by atoms with E-state index in [1.54, 1.807) is 6.92 Å². The molecule has 4 rings (SSSR count). The zero-order valence-corrected chi connectivity index (χ0v) is 19.8. The van der Waals surface area contributed by atoms with Crippen molar-refractivity contribution in [3.8, 4) is 0 Å². The fourth-order valence-corrected chi connectivity index (χ4v) is 4.90. The van der Waals surface area contributed by atoms with Crippen LogP contribution in [0.15, 0.2) is 76.3 Å². The van der Waals surface area contributed by atoms with E-state index in [9.17, 15) is 9.59 Å². The molecule has 0 aliphatic carbocycles. The van der Waals surface area contributed by atoms with Gasteiger partial charge < -0.3 is 15.0 Å². The summed E-state index contributed by atoms with van der Waals surface area (Å²) in [5.41, 5.74) is 4.80. The van der Waals surface area contributed by atoms with Gasteiger partial charge in [0.2, 0.25) is 5.91 Å². The minimum absolute atomic E-state index is 0.0659. The molecule has 1 amide bonds. The molecule has 0 spiro atoms. The molecular weight excluding hydrogens is 434 g/mol. The standard InChI is InChI=1S/C26H27N3O3S/c1-4-27-21(30)15-20-16-33-26-28-23(18-9-7-6-8-10-18)22(25(31)32-5-2)24(29(20)26)19-13-11-17(3)12-14-19/h6-14,16,24H,4-5,15H2,1-3H3,(H,27,30)/t24-/m0/s1. The normalized spacial score (nSPS) is 17.3. The van der Waals surface area contributed by atoms with Crippen molar-refractivity contribution >= 4 is 34.5 Å². The molecule has 7 heteroatoms. The molecule has 33 heavy (non-hydrogen) atoms. The quantitative estimate of drug-likeness (QED) is 0.600. The van der Waals surface area contributed by atoms with Gasteiger partial charge in [-0.15, -0.1) is 0 Å². The molecule has 0 fully saturated rings. The molecule has 2 aliphatic rings. The summed E-state index contributed by atoms with van der Waals surface area (Å²) in [6.07, 6.45) is 0.207. The van der Waals surface area contributed by atoms with Crippen molar-refractivity contribution in [2.45, 2.75) is 33.2 Å². The Morgan fingerprint density at radius 1 is 1.09 bits per heavy atom. The lowest BCUT2D eigenvalue weighted by atomic mass is 9.91. The van der Waals surface area contributed by atoms with E-state index in [0.717, 1.165) is 27.6 Å². The second-order valence-corrected chi connectivity index (χ2v) is 8.62. The lowest BCUT2D eigenvalue weighted by Crippen LogP contribution is -2.38. The number of amidine groups is 1. The van der Waals surface area contributed by atoms with Gasteiger partial charge in [-0.25, -0.2) is 9.79 Å². The van der Waals surface area contributed by atoms with E-state index in [1.807, 2.05) is 78.8 Å². The Labute approximate surface area is 198 Å². The Hall–Kier alpha value is -3.32. The van der Waals surface area contributed by atoms with E-state index in [1.165, 1.54) is 11.8 Å². The molecule has 0 unspecified atom stereocenters. The van der Waals surface area contributed by atoms with Crippen LogP contribution in [-0.2, 0) is 14.3 Å². The predicted octanol–water partition coefficient (Wildman–Crippen LogP) is 4.80. The van der Waals surface area contributed by atoms with E-state index in [2.05, 4.69) is 5.32 Å². The second kappa shape index (κ2) is 10.1. The average Bonchev–Trinajstić information content (AvgIpc) is 3.21. The number of carbonyl (C=O) groups excluding carboxylic acids is 2. The van der Waals surface area contributed by atoms with Crippen molar-refractivity contribution in [3.63, 3.8) is 0 Å². The number of aliphatic imine (C=N–C) groups is 1. The highest BCUT2D eigenvalue weighted by atomic mass is 32.2. The Morgan fingerprint density at radius 2 is 1.82 bits per heavy atom. The zero-order valence-electron chi connectivity index (χ0n) is 19.0. The largest absolute Gasteiger partial charge is 0.463 e. The fraction of sp³-hybridized carbons (Fsp3) is 0.269. The van der Waals surface area contributed by atoms with E-state index in [0.29, 0.717) is 17.8 Å². The van der Waals surface area contributed by atoms with Crippen LogP contribution in [0.5, 0.6) is 0 Å². The molecule has 2 aliphatic heterocycles. The van der Waals surface area contributed by atoms with Crippen LogP contribution in [-0.4, -0.2) is 35.1 Å². The maximum atomic E-state index is 13.4. The van der Waals surface area contributed by atoms with Gasteiger partial charge in [0, 0.05) is 17.8 Å². The molecule has 6 nitrogen and oxygen atoms in total. The van der Waals surface area contributed by atoms with Gasteiger partial charge >= 0.3 is 5.97 Å². The average molecular weight is 462 g/mol. The first kappa shape index (κ1) is 22.9. The number of hydrogen-bond donors (Lipinski definition) is 1. The number of carbonyl (C=O) groups is 2. The number of esters is 1. The van der Waals surface area contributed by atoms with E-state index < -0.39 is 12.0 Å².